The van der Waals surface area contributed by atoms with E-state index in [0.717, 1.165) is 71.4 Å². The van der Waals surface area contributed by atoms with Crippen LogP contribution in [0.25, 0.3) is 0 Å². The lowest BCUT2D eigenvalue weighted by Crippen LogP contribution is -2.43. The van der Waals surface area contributed by atoms with Crippen molar-refractivity contribution in [2.24, 2.45) is 14.1 Å². The highest BCUT2D eigenvalue weighted by molar-refractivity contribution is 15.0. The molecule has 336 valence electrons. The van der Waals surface area contributed by atoms with Gasteiger partial charge in [-0.1, -0.05) is 88.7 Å². The molecule has 1 amide bonds. The van der Waals surface area contributed by atoms with Crippen molar-refractivity contribution in [3.05, 3.63) is 188 Å². The quantitative estimate of drug-likeness (QED) is 0.0665. The summed E-state index contributed by atoms with van der Waals surface area (Å²) in [6, 6.07) is 29.3. The van der Waals surface area contributed by atoms with Crippen LogP contribution in [0, 0.1) is 20.2 Å². The highest BCUT2D eigenvalue weighted by Gasteiger charge is 2.43. The largest absolute Gasteiger partial charge is 0.471 e. The molecule has 0 unspecified atom stereocenters. The average Bonchev–Trinajstić information content (AvgIpc) is 4.00. The fourth-order valence-electron chi connectivity index (χ4n) is 6.21. The van der Waals surface area contributed by atoms with Crippen LogP contribution in [0.2, 0.25) is 0 Å². The number of benzene rings is 4. The second-order valence-corrected chi connectivity index (χ2v) is 14.8. The molecule has 63 heavy (non-hydrogen) atoms. The summed E-state index contributed by atoms with van der Waals surface area (Å²) >= 11 is 7.54. The van der Waals surface area contributed by atoms with Gasteiger partial charge in [-0.2, -0.15) is 13.2 Å². The number of alkyl halides is 4. The molecule has 6 aromatic rings. The Labute approximate surface area is 396 Å². The summed E-state index contributed by atoms with van der Waals surface area (Å²) in [5, 5.41) is 21.8. The first-order valence-electron chi connectivity index (χ1n) is 19.5. The number of aryl methyl sites for hydroxylation is 3. The van der Waals surface area contributed by atoms with E-state index in [0.29, 0.717) is 6.42 Å². The van der Waals surface area contributed by atoms with Crippen molar-refractivity contribution in [2.75, 3.05) is 25.0 Å². The molecule has 19 heteroatoms. The molecule has 0 spiro atoms. The maximum atomic E-state index is 12.2. The molecule has 0 atom stereocenters. The van der Waals surface area contributed by atoms with Crippen LogP contribution in [0.5, 0.6) is 0 Å². The Bertz CT molecular complexity index is 2220. The highest BCUT2D eigenvalue weighted by atomic mass is 128. The van der Waals surface area contributed by atoms with Crippen molar-refractivity contribution >= 4 is 70.4 Å². The lowest BCUT2D eigenvalue weighted by molar-refractivity contribution is -0.385. The van der Waals surface area contributed by atoms with Crippen LogP contribution in [0.4, 0.5) is 24.5 Å². The number of aromatic nitrogens is 4. The van der Waals surface area contributed by atoms with Gasteiger partial charge in [0.15, 0.2) is 0 Å². The van der Waals surface area contributed by atoms with Crippen molar-refractivity contribution in [1.29, 1.82) is 0 Å². The number of fused-ring (bicyclic) bond motifs is 2. The molecule has 2 aromatic heterocycles. The summed E-state index contributed by atoms with van der Waals surface area (Å²) in [6.45, 7) is 3.27. The van der Waals surface area contributed by atoms with Crippen LogP contribution < -0.4 is 0 Å². The van der Waals surface area contributed by atoms with Gasteiger partial charge in [-0.05, 0) is 59.1 Å². The van der Waals surface area contributed by atoms with Gasteiger partial charge in [0.2, 0.25) is 0 Å². The van der Waals surface area contributed by atoms with Crippen LogP contribution in [0.1, 0.15) is 33.4 Å². The third-order valence-electron chi connectivity index (χ3n) is 9.54. The van der Waals surface area contributed by atoms with E-state index in [9.17, 15) is 38.2 Å². The normalized spacial score (nSPS) is 12.5. The van der Waals surface area contributed by atoms with E-state index in [-0.39, 0.29) is 29.4 Å². The number of hydrogen-bond donors (Lipinski definition) is 0. The molecule has 0 fully saturated rings. The van der Waals surface area contributed by atoms with Crippen LogP contribution in [0.15, 0.2) is 135 Å². The third-order valence-corrected chi connectivity index (χ3v) is 9.93. The summed E-state index contributed by atoms with van der Waals surface area (Å²) in [7, 11) is 3.88. The number of imidazole rings is 2. The van der Waals surface area contributed by atoms with Gasteiger partial charge in [0, 0.05) is 138 Å². The predicted octanol–water partition coefficient (Wildman–Crippen LogP) is 10.5. The molecular weight excluding hydrogens is 1110 g/mol. The average molecular weight is 1160 g/mol. The maximum absolute atomic E-state index is 12.2. The Morgan fingerprint density at radius 3 is 1.49 bits per heavy atom. The van der Waals surface area contributed by atoms with Crippen molar-refractivity contribution < 1.29 is 27.8 Å². The summed E-state index contributed by atoms with van der Waals surface area (Å²) in [6.07, 6.45) is 9.43. The monoisotopic (exact) mass is 1160 g/mol. The van der Waals surface area contributed by atoms with Gasteiger partial charge in [-0.25, -0.2) is 9.97 Å². The van der Waals surface area contributed by atoms with E-state index < -0.39 is 17.0 Å². The lowest BCUT2D eigenvalue weighted by atomic mass is 9.99. The SMILES string of the molecule is Cn1ccnc1.Cn1ccnc1.II.O=C(N1CCc2ccccc2C1)C(F)(F)F.O=[N+]([O-])c1ccc(CCBr)cc1.O=[N+]([O-])c1ccc(CCN2CCc3ccccc3C2)cc1. The van der Waals surface area contributed by atoms with E-state index in [1.165, 1.54) is 23.3 Å². The number of amides is 1. The van der Waals surface area contributed by atoms with E-state index in [1.807, 2.05) is 59.9 Å². The molecule has 4 aromatic carbocycles. The van der Waals surface area contributed by atoms with Crippen LogP contribution in [0.3, 0.4) is 0 Å². The number of nitro groups is 2. The predicted molar refractivity (Wildman–Crippen MR) is 259 cm³/mol. The van der Waals surface area contributed by atoms with Crippen LogP contribution in [-0.4, -0.2) is 75.8 Å². The number of halogens is 6. The first kappa shape index (κ1) is 52.6. The summed E-state index contributed by atoms with van der Waals surface area (Å²) < 4.78 is 40.4. The summed E-state index contributed by atoms with van der Waals surface area (Å²) in [5.74, 6) is -1.75. The van der Waals surface area contributed by atoms with Crippen molar-refractivity contribution in [1.82, 2.24) is 28.9 Å². The van der Waals surface area contributed by atoms with Gasteiger partial charge in [-0.3, -0.25) is 29.9 Å². The molecule has 2 aliphatic rings. The van der Waals surface area contributed by atoms with E-state index >= 15 is 0 Å². The number of carbonyl (C=O) groups excluding carboxylic acids is 1. The zero-order chi connectivity index (χ0) is 46.2. The minimum absolute atomic E-state index is 0.0501. The smallest absolute Gasteiger partial charge is 0.341 e. The Morgan fingerprint density at radius 2 is 1.11 bits per heavy atom. The molecular formula is C44H48BrF3I2N8O5. The second-order valence-electron chi connectivity index (χ2n) is 14.0. The molecule has 0 radical (unpaired) electrons. The van der Waals surface area contributed by atoms with Gasteiger partial charge in [-0.15, -0.1) is 0 Å². The van der Waals surface area contributed by atoms with Crippen molar-refractivity contribution in [3.8, 4) is 0 Å². The highest BCUT2D eigenvalue weighted by Crippen LogP contribution is 2.25. The molecule has 2 aliphatic heterocycles. The van der Waals surface area contributed by atoms with E-state index in [1.54, 1.807) is 61.4 Å². The molecule has 4 heterocycles. The van der Waals surface area contributed by atoms with Crippen LogP contribution >= 0.6 is 53.2 Å². The molecule has 0 aliphatic carbocycles. The minimum atomic E-state index is -4.77. The molecule has 0 saturated heterocycles. The van der Waals surface area contributed by atoms with Crippen LogP contribution in [-0.2, 0) is 57.7 Å². The Kier molecular flexibility index (Phi) is 23.5. The molecule has 0 saturated carbocycles. The summed E-state index contributed by atoms with van der Waals surface area (Å²) in [4.78, 5) is 42.0. The Morgan fingerprint density at radius 1 is 0.683 bits per heavy atom. The number of rotatable bonds is 7. The lowest BCUT2D eigenvalue weighted by Gasteiger charge is -2.29. The molecule has 8 rings (SSSR count). The fraction of sp³-hybridized carbons (Fsp3) is 0.295. The standard InChI is InChI=1S/C17H18N2O2.C11H10F3NO.C8H8BrNO2.2C4H6N2.I2/c20-19(21)17-7-5-14(6-8-17)9-11-18-12-10-15-3-1-2-4-16(15)13-18;12-11(13,14)10(16)15-6-5-8-3-1-2-4-9(8)7-15;9-6-5-7-1-3-8(4-2-7)10(11)12;2*1-6-3-2-5-4-6;1-2/h1-8H,9-13H2;1-4H,5-7H2;1-4H,5-6H2;2*2-4H,1H3;. The topological polar surface area (TPSA) is 145 Å². The van der Waals surface area contributed by atoms with E-state index in [2.05, 4.69) is 92.3 Å². The fourth-order valence-corrected chi connectivity index (χ4v) is 6.67. The van der Waals surface area contributed by atoms with Gasteiger partial charge in [0.1, 0.15) is 0 Å². The van der Waals surface area contributed by atoms with Gasteiger partial charge in [0.25, 0.3) is 11.4 Å². The Balaban J connectivity index is 0.000000223. The molecule has 13 nitrogen and oxygen atoms in total. The number of carbonyl (C=O) groups is 1. The van der Waals surface area contributed by atoms with Crippen molar-refractivity contribution in [3.63, 3.8) is 0 Å². The van der Waals surface area contributed by atoms with Gasteiger partial charge < -0.3 is 14.0 Å². The number of nitro benzene ring substituents is 2. The van der Waals surface area contributed by atoms with Crippen molar-refractivity contribution in [2.45, 2.75) is 44.9 Å². The zero-order valence-corrected chi connectivity index (χ0v) is 40.6. The summed E-state index contributed by atoms with van der Waals surface area (Å²) in [5.41, 5.74) is 7.27. The Hall–Kier alpha value is -4.74. The first-order chi connectivity index (χ1) is 30.2. The second kappa shape index (κ2) is 28.1. The maximum Gasteiger partial charge on any atom is 0.471 e. The van der Waals surface area contributed by atoms with Gasteiger partial charge >= 0.3 is 12.1 Å². The number of hydrogen-bond acceptors (Lipinski definition) is 8. The first-order valence-corrected chi connectivity index (χ1v) is 26.9. The number of nitrogens with zero attached hydrogens (tertiary/aromatic N) is 8. The van der Waals surface area contributed by atoms with E-state index in [4.69, 9.17) is 0 Å². The van der Waals surface area contributed by atoms with Gasteiger partial charge in [0.05, 0.1) is 22.5 Å². The third kappa shape index (κ3) is 19.3. The molecule has 0 N–H and O–H groups in total. The zero-order valence-electron chi connectivity index (χ0n) is 34.7. The molecule has 0 bridgehead atoms. The minimum Gasteiger partial charge on any atom is -0.341 e. The number of non-ortho nitro benzene ring substituents is 2.